The molecule has 3 N–H and O–H groups in total. The van der Waals surface area contributed by atoms with Crippen molar-refractivity contribution in [2.75, 3.05) is 18.9 Å². The molecule has 180 valence electrons. The zero-order chi connectivity index (χ0) is 22.5. The summed E-state index contributed by atoms with van der Waals surface area (Å²) in [5.41, 5.74) is 6.02. The molecule has 0 amide bonds. The van der Waals surface area contributed by atoms with E-state index in [1.54, 1.807) is 0 Å². The average molecular weight is 444 g/mol. The Hall–Kier alpha value is -1.07. The third-order valence-corrected chi connectivity index (χ3v) is 10.6. The normalized spacial score (nSPS) is 44.5. The van der Waals surface area contributed by atoms with E-state index in [1.165, 1.54) is 44.9 Å². The summed E-state index contributed by atoms with van der Waals surface area (Å²) >= 11 is 0. The minimum absolute atomic E-state index is 0.472. The van der Waals surface area contributed by atoms with Crippen molar-refractivity contribution in [1.29, 1.82) is 0 Å². The predicted molar refractivity (Wildman–Crippen MR) is 128 cm³/mol. The maximum Gasteiger partial charge on any atom is 0.121 e. The summed E-state index contributed by atoms with van der Waals surface area (Å²) in [4.78, 5) is 0. The Morgan fingerprint density at radius 3 is 2.72 bits per heavy atom. The van der Waals surface area contributed by atoms with Crippen molar-refractivity contribution in [2.45, 2.75) is 90.7 Å². The first kappa shape index (κ1) is 22.7. The molecule has 1 aromatic heterocycles. The number of ether oxygens (including phenoxy) is 1. The summed E-state index contributed by atoms with van der Waals surface area (Å²) in [5.74, 6) is 6.40. The van der Waals surface area contributed by atoms with Crippen LogP contribution in [0, 0.1) is 46.8 Å². The molecule has 9 atom stereocenters. The molecule has 4 fully saturated rings. The third-order valence-electron chi connectivity index (χ3n) is 10.6. The highest BCUT2D eigenvalue weighted by Gasteiger charge is 2.58. The summed E-state index contributed by atoms with van der Waals surface area (Å²) in [6, 6.07) is 1.91. The fourth-order valence-electron chi connectivity index (χ4n) is 9.26. The fraction of sp³-hybridized carbons (Fsp3) is 0.889. The minimum atomic E-state index is -0.574. The highest BCUT2D eigenvalue weighted by atomic mass is 16.5. The van der Waals surface area contributed by atoms with Crippen LogP contribution >= 0.6 is 0 Å². The number of aromatic nitrogens is 2. The SMILES string of the molecule is CCOC[C@@]1(O)CC[C@H]2[C@H](CC[C@@H]3[C@@H]2CC[C@]2(C)[C@@H]([C@@H](C)Cn4nccc4N)CC[C@@H]32)C1. The first-order valence-electron chi connectivity index (χ1n) is 13.4. The van der Waals surface area contributed by atoms with Gasteiger partial charge >= 0.3 is 0 Å². The summed E-state index contributed by atoms with van der Waals surface area (Å²) < 4.78 is 7.65. The molecule has 5 heteroatoms. The van der Waals surface area contributed by atoms with Gasteiger partial charge in [-0.1, -0.05) is 13.8 Å². The lowest BCUT2D eigenvalue weighted by atomic mass is 9.48. The molecule has 5 nitrogen and oxygen atoms in total. The van der Waals surface area contributed by atoms with Crippen LogP contribution in [0.15, 0.2) is 12.3 Å². The summed E-state index contributed by atoms with van der Waals surface area (Å²) in [7, 11) is 0. The first-order valence-corrected chi connectivity index (χ1v) is 13.4. The van der Waals surface area contributed by atoms with E-state index in [4.69, 9.17) is 10.5 Å². The number of nitrogens with zero attached hydrogens (tertiary/aromatic N) is 2. The Bertz CT molecular complexity index is 796. The van der Waals surface area contributed by atoms with E-state index in [2.05, 4.69) is 18.9 Å². The van der Waals surface area contributed by atoms with E-state index in [1.807, 2.05) is 23.9 Å². The van der Waals surface area contributed by atoms with Gasteiger partial charge < -0.3 is 15.6 Å². The molecule has 5 rings (SSSR count). The number of aliphatic hydroxyl groups is 1. The number of hydrogen-bond donors (Lipinski definition) is 2. The van der Waals surface area contributed by atoms with Crippen LogP contribution < -0.4 is 5.73 Å². The molecular formula is C27H45N3O2. The zero-order valence-electron chi connectivity index (χ0n) is 20.5. The van der Waals surface area contributed by atoms with Gasteiger partial charge in [-0.2, -0.15) is 5.10 Å². The molecule has 4 aliphatic rings. The number of fused-ring (bicyclic) bond motifs is 5. The van der Waals surface area contributed by atoms with Crippen LogP contribution in [0.25, 0.3) is 0 Å². The standard InChI is InChI=1S/C27H45N3O2/c1-4-32-17-27(31)13-10-20-19(15-27)5-6-22-21(20)9-12-26(3)23(7-8-24(22)26)18(2)16-30-25(28)11-14-29-30/h11,14,18-24,31H,4-10,12-13,15-17,28H2,1-3H3/t18-,19+,20-,21+,22+,23+,24-,26+,27+/m0/s1. The lowest BCUT2D eigenvalue weighted by molar-refractivity contribution is -0.129. The minimum Gasteiger partial charge on any atom is -0.387 e. The predicted octanol–water partition coefficient (Wildman–Crippen LogP) is 5.14. The number of anilines is 1. The largest absolute Gasteiger partial charge is 0.387 e. The van der Waals surface area contributed by atoms with Crippen molar-refractivity contribution in [3.05, 3.63) is 12.3 Å². The zero-order valence-corrected chi connectivity index (χ0v) is 20.5. The molecule has 0 unspecified atom stereocenters. The first-order chi connectivity index (χ1) is 15.3. The molecule has 4 aliphatic carbocycles. The Morgan fingerprint density at radius 2 is 1.97 bits per heavy atom. The smallest absolute Gasteiger partial charge is 0.121 e. The summed E-state index contributed by atoms with van der Waals surface area (Å²) in [6.45, 7) is 9.27. The monoisotopic (exact) mass is 443 g/mol. The molecule has 1 heterocycles. The second kappa shape index (κ2) is 8.61. The molecule has 0 spiro atoms. The van der Waals surface area contributed by atoms with Gasteiger partial charge in [0.25, 0.3) is 0 Å². The van der Waals surface area contributed by atoms with Crippen molar-refractivity contribution in [2.24, 2.45) is 46.8 Å². The van der Waals surface area contributed by atoms with Crippen LogP contribution in [-0.2, 0) is 11.3 Å². The van der Waals surface area contributed by atoms with Gasteiger partial charge in [-0.05, 0) is 118 Å². The number of hydrogen-bond acceptors (Lipinski definition) is 4. The van der Waals surface area contributed by atoms with E-state index < -0.39 is 5.60 Å². The topological polar surface area (TPSA) is 73.3 Å². The molecular weight excluding hydrogens is 398 g/mol. The van der Waals surface area contributed by atoms with Crippen LogP contribution in [0.2, 0.25) is 0 Å². The lowest BCUT2D eigenvalue weighted by Crippen LogP contribution is -2.52. The van der Waals surface area contributed by atoms with Crippen molar-refractivity contribution in [3.8, 4) is 0 Å². The Labute approximate surface area is 194 Å². The van der Waals surface area contributed by atoms with Crippen molar-refractivity contribution < 1.29 is 9.84 Å². The third kappa shape index (κ3) is 3.81. The molecule has 0 bridgehead atoms. The second-order valence-electron chi connectivity index (χ2n) is 12.2. The second-order valence-corrected chi connectivity index (χ2v) is 12.2. The maximum absolute atomic E-state index is 11.1. The van der Waals surface area contributed by atoms with Gasteiger partial charge in [-0.15, -0.1) is 0 Å². The van der Waals surface area contributed by atoms with Gasteiger partial charge in [0.2, 0.25) is 0 Å². The van der Waals surface area contributed by atoms with E-state index in [9.17, 15) is 5.11 Å². The van der Waals surface area contributed by atoms with Crippen molar-refractivity contribution in [1.82, 2.24) is 9.78 Å². The highest BCUT2D eigenvalue weighted by molar-refractivity contribution is 5.25. The molecule has 0 aromatic carbocycles. The molecule has 0 saturated heterocycles. The van der Waals surface area contributed by atoms with Crippen LogP contribution in [0.1, 0.15) is 78.6 Å². The van der Waals surface area contributed by atoms with Crippen LogP contribution in [0.4, 0.5) is 5.82 Å². The van der Waals surface area contributed by atoms with Gasteiger partial charge in [-0.3, -0.25) is 0 Å². The number of nitrogen functional groups attached to an aromatic ring is 1. The molecule has 4 saturated carbocycles. The van der Waals surface area contributed by atoms with Crippen LogP contribution in [0.3, 0.4) is 0 Å². The number of nitrogens with two attached hydrogens (primary N) is 1. The molecule has 32 heavy (non-hydrogen) atoms. The van der Waals surface area contributed by atoms with Crippen molar-refractivity contribution in [3.63, 3.8) is 0 Å². The van der Waals surface area contributed by atoms with E-state index in [0.717, 1.165) is 54.8 Å². The number of rotatable bonds is 6. The van der Waals surface area contributed by atoms with Gasteiger partial charge in [0.15, 0.2) is 0 Å². The van der Waals surface area contributed by atoms with Crippen molar-refractivity contribution >= 4 is 5.82 Å². The Balaban J connectivity index is 1.27. The summed E-state index contributed by atoms with van der Waals surface area (Å²) in [5, 5.41) is 15.6. The van der Waals surface area contributed by atoms with Crippen LogP contribution in [0.5, 0.6) is 0 Å². The summed E-state index contributed by atoms with van der Waals surface area (Å²) in [6.07, 6.45) is 13.2. The van der Waals surface area contributed by atoms with Gasteiger partial charge in [-0.25, -0.2) is 4.68 Å². The van der Waals surface area contributed by atoms with Crippen LogP contribution in [-0.4, -0.2) is 33.7 Å². The maximum atomic E-state index is 11.1. The van der Waals surface area contributed by atoms with E-state index in [0.29, 0.717) is 30.5 Å². The average Bonchev–Trinajstić information content (AvgIpc) is 3.34. The molecule has 1 aromatic rings. The van der Waals surface area contributed by atoms with Gasteiger partial charge in [0.1, 0.15) is 5.82 Å². The highest BCUT2D eigenvalue weighted by Crippen LogP contribution is 2.65. The Morgan fingerprint density at radius 1 is 1.16 bits per heavy atom. The molecule has 0 aliphatic heterocycles. The lowest BCUT2D eigenvalue weighted by Gasteiger charge is -2.57. The Kier molecular flexibility index (Phi) is 6.11. The van der Waals surface area contributed by atoms with E-state index in [-0.39, 0.29) is 0 Å². The van der Waals surface area contributed by atoms with E-state index >= 15 is 0 Å². The van der Waals surface area contributed by atoms with Gasteiger partial charge in [0, 0.05) is 13.2 Å². The fourth-order valence-corrected chi connectivity index (χ4v) is 9.26. The van der Waals surface area contributed by atoms with Gasteiger partial charge in [0.05, 0.1) is 18.4 Å². The molecule has 0 radical (unpaired) electrons. The quantitative estimate of drug-likeness (QED) is 0.639.